The molecule has 1 fully saturated rings. The molecule has 3 aromatic rings. The molecule has 1 spiro atoms. The van der Waals surface area contributed by atoms with Crippen molar-refractivity contribution in [2.45, 2.75) is 40.1 Å². The van der Waals surface area contributed by atoms with Gasteiger partial charge in [-0.3, -0.25) is 0 Å². The van der Waals surface area contributed by atoms with Gasteiger partial charge in [0.25, 0.3) is 0 Å². The minimum atomic E-state index is -2.96. The summed E-state index contributed by atoms with van der Waals surface area (Å²) in [7, 11) is -2.96. The van der Waals surface area contributed by atoms with E-state index in [1.807, 2.05) is 6.07 Å². The second kappa shape index (κ2) is 8.92. The third-order valence-electron chi connectivity index (χ3n) is 7.07. The van der Waals surface area contributed by atoms with Gasteiger partial charge in [0.2, 0.25) is 0 Å². The maximum atomic E-state index is 14.4. The Morgan fingerprint density at radius 2 is 1.97 bits per heavy atom. The first-order valence-electron chi connectivity index (χ1n) is 11.2. The van der Waals surface area contributed by atoms with Gasteiger partial charge in [-0.1, -0.05) is 41.6 Å². The molecule has 5 rings (SSSR count). The van der Waals surface area contributed by atoms with Crippen LogP contribution in [-0.4, -0.2) is 33.5 Å². The Balaban J connectivity index is 1.31. The summed E-state index contributed by atoms with van der Waals surface area (Å²) in [4.78, 5) is 12.1. The Morgan fingerprint density at radius 1 is 1.26 bits per heavy atom. The van der Waals surface area contributed by atoms with Gasteiger partial charge in [-0.15, -0.1) is 0 Å². The van der Waals surface area contributed by atoms with Crippen molar-refractivity contribution in [1.82, 2.24) is 9.97 Å². The van der Waals surface area contributed by atoms with Gasteiger partial charge in [-0.2, -0.15) is 0 Å². The fourth-order valence-corrected chi connectivity index (χ4v) is 7.45. The highest BCUT2D eigenvalue weighted by atomic mass is 35.5. The molecule has 1 aromatic heterocycles. The molecule has 5 N–H and O–H groups in total. The molecule has 1 unspecified atom stereocenters. The normalized spacial score (nSPS) is 20.6. The van der Waals surface area contributed by atoms with Gasteiger partial charge >= 0.3 is 0 Å². The van der Waals surface area contributed by atoms with Crippen LogP contribution in [0.3, 0.4) is 0 Å². The molecule has 0 amide bonds. The van der Waals surface area contributed by atoms with E-state index in [0.717, 1.165) is 37.1 Å². The largest absolute Gasteiger partial charge is 0.381 e. The van der Waals surface area contributed by atoms with Crippen LogP contribution in [0, 0.1) is 16.0 Å². The van der Waals surface area contributed by atoms with Gasteiger partial charge in [-0.05, 0) is 54.0 Å². The predicted octanol–water partition coefficient (Wildman–Crippen LogP) is 4.88. The van der Waals surface area contributed by atoms with Crippen LogP contribution in [0.4, 0.5) is 16.0 Å². The molecule has 1 saturated heterocycles. The van der Waals surface area contributed by atoms with E-state index in [1.165, 1.54) is 24.1 Å². The van der Waals surface area contributed by atoms with Gasteiger partial charge in [0.1, 0.15) is 16.7 Å². The number of benzene rings is 2. The van der Waals surface area contributed by atoms with Gasteiger partial charge in [0, 0.05) is 30.3 Å². The lowest BCUT2D eigenvalue weighted by molar-refractivity contribution is 0.186. The summed E-state index contributed by atoms with van der Waals surface area (Å²) in [6.07, 6.45) is 5.33. The number of rotatable bonds is 4. The fraction of sp³-hybridized carbons (Fsp3) is 0.333. The van der Waals surface area contributed by atoms with Gasteiger partial charge < -0.3 is 16.4 Å². The molecule has 0 saturated carbocycles. The molecule has 7 nitrogen and oxygen atoms in total. The second-order valence-electron chi connectivity index (χ2n) is 9.24. The quantitative estimate of drug-likeness (QED) is 0.437. The zero-order valence-electron chi connectivity index (χ0n) is 19.1. The number of nitrogen functional groups attached to an aromatic ring is 1. The Labute approximate surface area is 213 Å². The summed E-state index contributed by atoms with van der Waals surface area (Å²) in [6.45, 7) is 1.46. The van der Waals surface area contributed by atoms with E-state index in [0.29, 0.717) is 22.2 Å². The Kier molecular flexibility index (Phi) is 6.19. The number of piperidine rings is 1. The highest BCUT2D eigenvalue weighted by Gasteiger charge is 2.47. The van der Waals surface area contributed by atoms with Crippen LogP contribution < -0.4 is 16.4 Å². The van der Waals surface area contributed by atoms with Crippen LogP contribution in [0.2, 0.25) is 5.02 Å². The average molecular weight is 533 g/mol. The van der Waals surface area contributed by atoms with Crippen LogP contribution >= 0.6 is 23.4 Å². The number of nitrogens with zero attached hydrogens (tertiary/aromatic N) is 3. The molecular formula is C24H26ClFN6OS2. The monoisotopic (exact) mass is 532 g/mol. The van der Waals surface area contributed by atoms with E-state index in [-0.39, 0.29) is 33.0 Å². The Hall–Kier alpha value is -2.40. The van der Waals surface area contributed by atoms with Crippen molar-refractivity contribution in [2.24, 2.45) is 11.1 Å². The molecule has 2 heterocycles. The summed E-state index contributed by atoms with van der Waals surface area (Å²) in [5, 5.41) is 0.745. The van der Waals surface area contributed by atoms with Crippen LogP contribution in [0.25, 0.3) is 0 Å². The van der Waals surface area contributed by atoms with Crippen LogP contribution in [-0.2, 0) is 16.1 Å². The first kappa shape index (κ1) is 24.3. The van der Waals surface area contributed by atoms with Crippen LogP contribution in [0.5, 0.6) is 0 Å². The lowest BCUT2D eigenvalue weighted by Crippen LogP contribution is -2.44. The first-order chi connectivity index (χ1) is 16.6. The molecule has 0 radical (unpaired) electrons. The van der Waals surface area contributed by atoms with Crippen molar-refractivity contribution in [2.75, 3.05) is 30.0 Å². The Bertz CT molecular complexity index is 1410. The number of hydrogen-bond donors (Lipinski definition) is 3. The summed E-state index contributed by atoms with van der Waals surface area (Å²) in [5.74, 6) is 0.780. The molecule has 35 heavy (non-hydrogen) atoms. The summed E-state index contributed by atoms with van der Waals surface area (Å²) >= 11 is 7.64. The zero-order chi connectivity index (χ0) is 25.0. The van der Waals surface area contributed by atoms with E-state index in [2.05, 4.69) is 14.9 Å². The summed E-state index contributed by atoms with van der Waals surface area (Å²) < 4.78 is 34.4. The van der Waals surface area contributed by atoms with E-state index in [9.17, 15) is 8.60 Å². The van der Waals surface area contributed by atoms with E-state index in [4.69, 9.17) is 27.8 Å². The molecule has 1 aliphatic carbocycles. The van der Waals surface area contributed by atoms with Crippen molar-refractivity contribution < 1.29 is 8.60 Å². The number of halogens is 2. The number of anilines is 2. The number of nitrogens with one attached hydrogen (secondary N) is 1. The highest BCUT2D eigenvalue weighted by molar-refractivity contribution is 7.99. The van der Waals surface area contributed by atoms with Crippen molar-refractivity contribution in [3.63, 3.8) is 0 Å². The lowest BCUT2D eigenvalue weighted by atomic mass is 9.73. The number of fused-ring (bicyclic) bond motifs is 1. The van der Waals surface area contributed by atoms with Gasteiger partial charge in [0.15, 0.2) is 5.82 Å². The lowest BCUT2D eigenvalue weighted by Gasteiger charge is -2.42. The summed E-state index contributed by atoms with van der Waals surface area (Å²) in [5.41, 5.74) is 14.4. The molecule has 2 aromatic carbocycles. The van der Waals surface area contributed by atoms with Crippen molar-refractivity contribution >= 4 is 44.7 Å². The third-order valence-corrected chi connectivity index (χ3v) is 9.95. The predicted molar refractivity (Wildman–Crippen MR) is 138 cm³/mol. The SMILES string of the molecule is CS(=N)(=O)c1cccc(Sc2ncc(N3CCC4(CC3)Cc3c(F)cccc3[C@H]4N)nc2N)c1Cl. The second-order valence-corrected chi connectivity index (χ2v) is 12.8. The highest BCUT2D eigenvalue weighted by Crippen LogP contribution is 2.51. The molecule has 0 bridgehead atoms. The van der Waals surface area contributed by atoms with E-state index >= 15 is 0 Å². The molecule has 1 aliphatic heterocycles. The first-order valence-corrected chi connectivity index (χ1v) is 14.4. The maximum absolute atomic E-state index is 14.4. The molecular weight excluding hydrogens is 507 g/mol. The minimum absolute atomic E-state index is 0.145. The average Bonchev–Trinajstić information content (AvgIpc) is 3.09. The number of nitrogens with two attached hydrogens (primary N) is 2. The molecule has 2 aliphatic rings. The van der Waals surface area contributed by atoms with Crippen molar-refractivity contribution in [3.8, 4) is 0 Å². The molecule has 2 atom stereocenters. The van der Waals surface area contributed by atoms with Crippen molar-refractivity contribution in [3.05, 3.63) is 64.6 Å². The van der Waals surface area contributed by atoms with E-state index in [1.54, 1.807) is 30.5 Å². The minimum Gasteiger partial charge on any atom is -0.381 e. The number of aromatic nitrogens is 2. The van der Waals surface area contributed by atoms with E-state index < -0.39 is 9.73 Å². The maximum Gasteiger partial charge on any atom is 0.158 e. The van der Waals surface area contributed by atoms with Crippen molar-refractivity contribution in [1.29, 1.82) is 4.78 Å². The Morgan fingerprint density at radius 3 is 2.63 bits per heavy atom. The van der Waals surface area contributed by atoms with Gasteiger partial charge in [-0.25, -0.2) is 23.3 Å². The summed E-state index contributed by atoms with van der Waals surface area (Å²) in [6, 6.07) is 10.1. The third kappa shape index (κ3) is 4.37. The molecule has 184 valence electrons. The van der Waals surface area contributed by atoms with Crippen LogP contribution in [0.1, 0.15) is 30.0 Å². The molecule has 11 heteroatoms. The van der Waals surface area contributed by atoms with Crippen LogP contribution in [0.15, 0.2) is 57.4 Å². The smallest absolute Gasteiger partial charge is 0.158 e. The zero-order valence-corrected chi connectivity index (χ0v) is 21.5. The number of hydrogen-bond acceptors (Lipinski definition) is 8. The topological polar surface area (TPSA) is 122 Å². The standard InChI is InChI=1S/C24H26ClFN6OS2/c1-35(29,33)18-7-3-6-17(20(18)25)34-23-22(28)31-19(13-30-23)32-10-8-24(9-11-32)12-15-14(21(24)27)4-2-5-16(15)26/h2-7,13,21,29H,8-12,27H2,1H3,(H2,28,31)/t21-,35?/m1/s1. The fourth-order valence-electron chi connectivity index (χ4n) is 5.10. The van der Waals surface area contributed by atoms with Gasteiger partial charge in [0.05, 0.1) is 25.8 Å².